The highest BCUT2D eigenvalue weighted by Gasteiger charge is 2.30. The minimum Gasteiger partial charge on any atom is -0.490 e. The van der Waals surface area contributed by atoms with Crippen LogP contribution in [0.2, 0.25) is 0 Å². The van der Waals surface area contributed by atoms with E-state index in [1.54, 1.807) is 4.90 Å². The van der Waals surface area contributed by atoms with E-state index in [0.717, 1.165) is 5.75 Å². The standard InChI is InChI=1S/C13H17NO3/c1-3-14-8-12(17-13(14)15)9-16-11-6-4-10(2)5-7-11/h4-7,12H,3,8-9H2,1-2H3/t12-/m0/s1. The summed E-state index contributed by atoms with van der Waals surface area (Å²) in [7, 11) is 0. The highest BCUT2D eigenvalue weighted by Crippen LogP contribution is 2.15. The fourth-order valence-electron chi connectivity index (χ4n) is 1.74. The summed E-state index contributed by atoms with van der Waals surface area (Å²) in [6.07, 6.45) is -0.409. The molecule has 92 valence electrons. The van der Waals surface area contributed by atoms with Crippen molar-refractivity contribution in [1.82, 2.24) is 4.90 Å². The SMILES string of the molecule is CCN1C[C@@H](COc2ccc(C)cc2)OC1=O. The Hall–Kier alpha value is -1.71. The summed E-state index contributed by atoms with van der Waals surface area (Å²) in [4.78, 5) is 13.0. The van der Waals surface area contributed by atoms with Gasteiger partial charge < -0.3 is 14.4 Å². The topological polar surface area (TPSA) is 38.8 Å². The van der Waals surface area contributed by atoms with Gasteiger partial charge in [0.15, 0.2) is 6.10 Å². The predicted octanol–water partition coefficient (Wildman–Crippen LogP) is 2.21. The second kappa shape index (κ2) is 5.08. The average Bonchev–Trinajstić information content (AvgIpc) is 2.69. The highest BCUT2D eigenvalue weighted by molar-refractivity contribution is 5.69. The lowest BCUT2D eigenvalue weighted by Crippen LogP contribution is -2.26. The molecule has 4 nitrogen and oxygen atoms in total. The summed E-state index contributed by atoms with van der Waals surface area (Å²) < 4.78 is 10.8. The van der Waals surface area contributed by atoms with E-state index in [-0.39, 0.29) is 12.2 Å². The normalized spacial score (nSPS) is 19.3. The van der Waals surface area contributed by atoms with E-state index in [1.165, 1.54) is 5.56 Å². The van der Waals surface area contributed by atoms with Gasteiger partial charge in [0.2, 0.25) is 0 Å². The van der Waals surface area contributed by atoms with Crippen LogP contribution in [0, 0.1) is 6.92 Å². The molecule has 0 saturated carbocycles. The molecule has 0 aliphatic carbocycles. The maximum atomic E-state index is 11.3. The minimum atomic E-state index is -0.245. The van der Waals surface area contributed by atoms with E-state index in [2.05, 4.69) is 0 Å². The summed E-state index contributed by atoms with van der Waals surface area (Å²) in [5, 5.41) is 0. The smallest absolute Gasteiger partial charge is 0.410 e. The number of likely N-dealkylation sites (N-methyl/N-ethyl adjacent to an activating group) is 1. The number of carbonyl (C=O) groups is 1. The molecule has 1 saturated heterocycles. The number of hydrogen-bond acceptors (Lipinski definition) is 3. The number of hydrogen-bond donors (Lipinski definition) is 0. The Morgan fingerprint density at radius 1 is 1.41 bits per heavy atom. The molecule has 1 fully saturated rings. The molecule has 0 spiro atoms. The lowest BCUT2D eigenvalue weighted by Gasteiger charge is -2.11. The van der Waals surface area contributed by atoms with Crippen LogP contribution in [0.5, 0.6) is 5.75 Å². The lowest BCUT2D eigenvalue weighted by molar-refractivity contribution is 0.103. The third kappa shape index (κ3) is 2.90. The van der Waals surface area contributed by atoms with E-state index < -0.39 is 0 Å². The fourth-order valence-corrected chi connectivity index (χ4v) is 1.74. The Morgan fingerprint density at radius 3 is 2.71 bits per heavy atom. The van der Waals surface area contributed by atoms with Crippen molar-refractivity contribution in [3.63, 3.8) is 0 Å². The first-order valence-corrected chi connectivity index (χ1v) is 5.84. The molecule has 0 bridgehead atoms. The molecule has 2 rings (SSSR count). The summed E-state index contributed by atoms with van der Waals surface area (Å²) in [6.45, 7) is 5.67. The Morgan fingerprint density at radius 2 is 2.12 bits per heavy atom. The Kier molecular flexibility index (Phi) is 3.52. The number of aryl methyl sites for hydroxylation is 1. The monoisotopic (exact) mass is 235 g/mol. The van der Waals surface area contributed by atoms with Crippen molar-refractivity contribution < 1.29 is 14.3 Å². The molecule has 1 aromatic carbocycles. The predicted molar refractivity (Wildman–Crippen MR) is 64.2 cm³/mol. The molecule has 1 heterocycles. The molecule has 4 heteroatoms. The second-order valence-electron chi connectivity index (χ2n) is 4.17. The van der Waals surface area contributed by atoms with Crippen LogP contribution < -0.4 is 4.74 Å². The summed E-state index contributed by atoms with van der Waals surface area (Å²) in [6, 6.07) is 7.83. The van der Waals surface area contributed by atoms with Crippen LogP contribution in [0.1, 0.15) is 12.5 Å². The van der Waals surface area contributed by atoms with Gasteiger partial charge in [-0.15, -0.1) is 0 Å². The molecule has 0 aromatic heterocycles. The van der Waals surface area contributed by atoms with Crippen molar-refractivity contribution >= 4 is 6.09 Å². The lowest BCUT2D eigenvalue weighted by atomic mass is 10.2. The van der Waals surface area contributed by atoms with Gasteiger partial charge in [0.25, 0.3) is 0 Å². The average molecular weight is 235 g/mol. The minimum absolute atomic E-state index is 0.163. The van der Waals surface area contributed by atoms with E-state index >= 15 is 0 Å². The zero-order valence-corrected chi connectivity index (χ0v) is 10.2. The van der Waals surface area contributed by atoms with E-state index in [0.29, 0.717) is 19.7 Å². The van der Waals surface area contributed by atoms with Crippen LogP contribution in [-0.2, 0) is 4.74 Å². The number of nitrogens with zero attached hydrogens (tertiary/aromatic N) is 1. The molecule has 0 unspecified atom stereocenters. The molecule has 1 aliphatic heterocycles. The Balaban J connectivity index is 1.83. The molecule has 1 amide bonds. The molecule has 1 atom stereocenters. The molecule has 17 heavy (non-hydrogen) atoms. The highest BCUT2D eigenvalue weighted by atomic mass is 16.6. The number of amides is 1. The Labute approximate surface area is 101 Å². The van der Waals surface area contributed by atoms with E-state index in [4.69, 9.17) is 9.47 Å². The van der Waals surface area contributed by atoms with Crippen molar-refractivity contribution in [2.24, 2.45) is 0 Å². The van der Waals surface area contributed by atoms with Crippen molar-refractivity contribution in [1.29, 1.82) is 0 Å². The molecule has 1 aromatic rings. The van der Waals surface area contributed by atoms with Crippen LogP contribution in [0.4, 0.5) is 4.79 Å². The summed E-state index contributed by atoms with van der Waals surface area (Å²) >= 11 is 0. The van der Waals surface area contributed by atoms with Crippen molar-refractivity contribution in [2.45, 2.75) is 20.0 Å². The molecule has 0 radical (unpaired) electrons. The number of rotatable bonds is 4. The number of ether oxygens (including phenoxy) is 2. The molecule has 1 aliphatic rings. The van der Waals surface area contributed by atoms with Gasteiger partial charge in [-0.3, -0.25) is 0 Å². The van der Waals surface area contributed by atoms with Gasteiger partial charge in [0.1, 0.15) is 12.4 Å². The molecular formula is C13H17NO3. The van der Waals surface area contributed by atoms with Gasteiger partial charge in [-0.2, -0.15) is 0 Å². The second-order valence-corrected chi connectivity index (χ2v) is 4.17. The zero-order valence-electron chi connectivity index (χ0n) is 10.2. The zero-order chi connectivity index (χ0) is 12.3. The maximum absolute atomic E-state index is 11.3. The number of cyclic esters (lactones) is 1. The van der Waals surface area contributed by atoms with Crippen LogP contribution in [-0.4, -0.2) is 36.8 Å². The fraction of sp³-hybridized carbons (Fsp3) is 0.462. The van der Waals surface area contributed by atoms with Crippen LogP contribution in [0.15, 0.2) is 24.3 Å². The van der Waals surface area contributed by atoms with Gasteiger partial charge in [-0.25, -0.2) is 4.79 Å². The molecular weight excluding hydrogens is 218 g/mol. The van der Waals surface area contributed by atoms with Gasteiger partial charge in [0, 0.05) is 6.54 Å². The third-order valence-corrected chi connectivity index (χ3v) is 2.79. The first kappa shape index (κ1) is 11.8. The van der Waals surface area contributed by atoms with Gasteiger partial charge in [-0.05, 0) is 26.0 Å². The van der Waals surface area contributed by atoms with Crippen LogP contribution in [0.25, 0.3) is 0 Å². The number of carbonyl (C=O) groups excluding carboxylic acids is 1. The van der Waals surface area contributed by atoms with Crippen molar-refractivity contribution in [3.05, 3.63) is 29.8 Å². The van der Waals surface area contributed by atoms with E-state index in [1.807, 2.05) is 38.1 Å². The largest absolute Gasteiger partial charge is 0.490 e. The van der Waals surface area contributed by atoms with Gasteiger partial charge in [0.05, 0.1) is 6.54 Å². The first-order chi connectivity index (χ1) is 8.19. The van der Waals surface area contributed by atoms with Crippen molar-refractivity contribution in [2.75, 3.05) is 19.7 Å². The Bertz CT molecular complexity index is 388. The van der Waals surface area contributed by atoms with Gasteiger partial charge >= 0.3 is 6.09 Å². The number of benzene rings is 1. The first-order valence-electron chi connectivity index (χ1n) is 5.84. The quantitative estimate of drug-likeness (QED) is 0.803. The summed E-state index contributed by atoms with van der Waals surface area (Å²) in [5.41, 5.74) is 1.20. The van der Waals surface area contributed by atoms with E-state index in [9.17, 15) is 4.79 Å². The van der Waals surface area contributed by atoms with Crippen LogP contribution in [0.3, 0.4) is 0 Å². The van der Waals surface area contributed by atoms with Crippen LogP contribution >= 0.6 is 0 Å². The molecule has 0 N–H and O–H groups in total. The third-order valence-electron chi connectivity index (χ3n) is 2.79. The maximum Gasteiger partial charge on any atom is 0.410 e. The van der Waals surface area contributed by atoms with Crippen molar-refractivity contribution in [3.8, 4) is 5.75 Å². The van der Waals surface area contributed by atoms with Gasteiger partial charge in [-0.1, -0.05) is 17.7 Å². The summed E-state index contributed by atoms with van der Waals surface area (Å²) in [5.74, 6) is 0.807.